The molecular formula is C21H21N5O4S. The number of hydrogen-bond acceptors (Lipinski definition) is 6. The Labute approximate surface area is 180 Å². The lowest BCUT2D eigenvalue weighted by molar-refractivity contribution is 0.0633. The molecule has 2 aromatic carbocycles. The number of fused-ring (bicyclic) bond motifs is 1. The third-order valence-electron chi connectivity index (χ3n) is 5.30. The number of nitriles is 1. The van der Waals surface area contributed by atoms with Gasteiger partial charge in [0.1, 0.15) is 5.75 Å². The molecule has 10 heteroatoms. The summed E-state index contributed by atoms with van der Waals surface area (Å²) in [5.74, 6) is 0.225. The van der Waals surface area contributed by atoms with Crippen LogP contribution in [0.15, 0.2) is 46.9 Å². The van der Waals surface area contributed by atoms with Crippen LogP contribution in [0.25, 0.3) is 0 Å². The van der Waals surface area contributed by atoms with Gasteiger partial charge in [0.2, 0.25) is 0 Å². The van der Waals surface area contributed by atoms with E-state index in [1.807, 2.05) is 0 Å². The van der Waals surface area contributed by atoms with Crippen LogP contribution in [0.2, 0.25) is 0 Å². The van der Waals surface area contributed by atoms with E-state index in [0.717, 1.165) is 12.8 Å². The number of hydrogen-bond donors (Lipinski definition) is 2. The molecule has 0 spiro atoms. The first kappa shape index (κ1) is 20.7. The molecule has 2 heterocycles. The molecule has 2 aromatic rings. The Morgan fingerprint density at radius 2 is 2.10 bits per heavy atom. The lowest BCUT2D eigenvalue weighted by Crippen LogP contribution is -2.42. The number of nitrogens with one attached hydrogen (secondary N) is 1. The van der Waals surface area contributed by atoms with Crippen molar-refractivity contribution in [3.8, 4) is 11.8 Å². The van der Waals surface area contributed by atoms with Crippen molar-refractivity contribution < 1.29 is 17.9 Å². The van der Waals surface area contributed by atoms with E-state index >= 15 is 0 Å². The summed E-state index contributed by atoms with van der Waals surface area (Å²) in [6.07, 6.45) is 1.71. The molecule has 0 aliphatic carbocycles. The first-order valence-corrected chi connectivity index (χ1v) is 11.2. The van der Waals surface area contributed by atoms with Gasteiger partial charge in [-0.1, -0.05) is 18.2 Å². The highest BCUT2D eigenvalue weighted by molar-refractivity contribution is 7.91. The van der Waals surface area contributed by atoms with Crippen LogP contribution in [0, 0.1) is 17.2 Å². The van der Waals surface area contributed by atoms with Crippen LogP contribution in [-0.2, 0) is 10.2 Å². The van der Waals surface area contributed by atoms with Crippen molar-refractivity contribution in [2.75, 3.05) is 24.4 Å². The number of carbonyl (C=O) groups excluding carboxylic acids is 1. The molecule has 0 radical (unpaired) electrons. The smallest absolute Gasteiger partial charge is 0.344 e. The zero-order valence-corrected chi connectivity index (χ0v) is 17.4. The fraction of sp³-hybridized carbons (Fsp3) is 0.286. The van der Waals surface area contributed by atoms with Gasteiger partial charge >= 0.3 is 10.2 Å². The molecule has 31 heavy (non-hydrogen) atoms. The monoisotopic (exact) mass is 439 g/mol. The lowest BCUT2D eigenvalue weighted by atomic mass is 9.97. The van der Waals surface area contributed by atoms with Crippen molar-refractivity contribution in [1.29, 1.82) is 5.26 Å². The van der Waals surface area contributed by atoms with Gasteiger partial charge in [-0.05, 0) is 37.1 Å². The molecule has 0 saturated carbocycles. The second kappa shape index (κ2) is 8.28. The number of piperidine rings is 1. The second-order valence-corrected chi connectivity index (χ2v) is 8.80. The van der Waals surface area contributed by atoms with Gasteiger partial charge in [-0.15, -0.1) is 4.40 Å². The van der Waals surface area contributed by atoms with Crippen molar-refractivity contribution >= 4 is 27.6 Å². The van der Waals surface area contributed by atoms with Gasteiger partial charge in [0, 0.05) is 19.0 Å². The highest BCUT2D eigenvalue weighted by Gasteiger charge is 2.28. The molecule has 2 aliphatic heterocycles. The summed E-state index contributed by atoms with van der Waals surface area (Å²) >= 11 is 0. The topological polar surface area (TPSA) is 138 Å². The van der Waals surface area contributed by atoms with Gasteiger partial charge < -0.3 is 15.4 Å². The molecule has 9 nitrogen and oxygen atoms in total. The SMILES string of the molecule is N#Cc1ccccc1C(=O)N1CCCC(COc2cccc3c2C(N)=NS(=O)(=O)N3)C1. The summed E-state index contributed by atoms with van der Waals surface area (Å²) in [5, 5.41) is 9.28. The highest BCUT2D eigenvalue weighted by Crippen LogP contribution is 2.31. The van der Waals surface area contributed by atoms with Crippen LogP contribution >= 0.6 is 0 Å². The molecule has 3 N–H and O–H groups in total. The third kappa shape index (κ3) is 4.32. The number of amidine groups is 1. The number of rotatable bonds is 4. The van der Waals surface area contributed by atoms with Crippen LogP contribution in [0.5, 0.6) is 5.75 Å². The molecule has 1 fully saturated rings. The Morgan fingerprint density at radius 3 is 2.90 bits per heavy atom. The quantitative estimate of drug-likeness (QED) is 0.746. The van der Waals surface area contributed by atoms with E-state index in [1.54, 1.807) is 47.4 Å². The van der Waals surface area contributed by atoms with E-state index in [1.165, 1.54) is 0 Å². The van der Waals surface area contributed by atoms with Crippen LogP contribution in [0.4, 0.5) is 5.69 Å². The molecular weight excluding hydrogens is 418 g/mol. The number of likely N-dealkylation sites (tertiary alicyclic amines) is 1. The normalized spacial score (nSPS) is 19.4. The highest BCUT2D eigenvalue weighted by atomic mass is 32.2. The van der Waals surface area contributed by atoms with Crippen LogP contribution in [0.1, 0.15) is 34.3 Å². The Balaban J connectivity index is 1.46. The molecule has 2 aliphatic rings. The molecule has 4 rings (SSSR count). The number of anilines is 1. The Kier molecular flexibility index (Phi) is 5.52. The molecule has 160 valence electrons. The minimum Gasteiger partial charge on any atom is -0.492 e. The van der Waals surface area contributed by atoms with Crippen LogP contribution < -0.4 is 15.2 Å². The second-order valence-electron chi connectivity index (χ2n) is 7.46. The molecule has 1 amide bonds. The van der Waals surface area contributed by atoms with Crippen LogP contribution in [-0.4, -0.2) is 44.8 Å². The first-order chi connectivity index (χ1) is 14.9. The van der Waals surface area contributed by atoms with E-state index in [0.29, 0.717) is 47.8 Å². The van der Waals surface area contributed by atoms with Gasteiger partial charge in [0.25, 0.3) is 5.91 Å². The largest absolute Gasteiger partial charge is 0.492 e. The number of nitrogens with zero attached hydrogens (tertiary/aromatic N) is 3. The summed E-state index contributed by atoms with van der Waals surface area (Å²) in [6.45, 7) is 1.46. The van der Waals surface area contributed by atoms with E-state index in [9.17, 15) is 18.5 Å². The maximum atomic E-state index is 12.9. The van der Waals surface area contributed by atoms with E-state index < -0.39 is 10.2 Å². The van der Waals surface area contributed by atoms with Gasteiger partial charge in [0.15, 0.2) is 5.84 Å². The maximum absolute atomic E-state index is 12.9. The zero-order chi connectivity index (χ0) is 22.0. The number of ether oxygens (including phenoxy) is 1. The predicted octanol–water partition coefficient (Wildman–Crippen LogP) is 1.87. The molecule has 0 aromatic heterocycles. The summed E-state index contributed by atoms with van der Waals surface area (Å²) < 4.78 is 35.3. The zero-order valence-electron chi connectivity index (χ0n) is 16.6. The standard InChI is InChI=1S/C21H21N5O4S/c22-11-15-6-1-2-7-16(15)21(27)26-10-4-5-14(12-26)13-30-18-9-3-8-17-19(18)20(23)25-31(28,29)24-17/h1-3,6-9,14,24H,4-5,10,12-13H2,(H2,23,25). The minimum atomic E-state index is -3.86. The fourth-order valence-corrected chi connectivity index (χ4v) is 4.71. The van der Waals surface area contributed by atoms with Crippen molar-refractivity contribution in [3.05, 3.63) is 59.2 Å². The van der Waals surface area contributed by atoms with Gasteiger partial charge in [-0.2, -0.15) is 13.7 Å². The van der Waals surface area contributed by atoms with Crippen molar-refractivity contribution in [3.63, 3.8) is 0 Å². The van der Waals surface area contributed by atoms with Crippen molar-refractivity contribution in [2.24, 2.45) is 16.0 Å². The maximum Gasteiger partial charge on any atom is 0.344 e. The van der Waals surface area contributed by atoms with E-state index in [-0.39, 0.29) is 17.7 Å². The first-order valence-electron chi connectivity index (χ1n) is 9.81. The van der Waals surface area contributed by atoms with E-state index in [2.05, 4.69) is 15.2 Å². The van der Waals surface area contributed by atoms with Gasteiger partial charge in [-0.25, -0.2) is 0 Å². The average Bonchev–Trinajstić information content (AvgIpc) is 2.76. The summed E-state index contributed by atoms with van der Waals surface area (Å²) in [4.78, 5) is 14.7. The Hall–Kier alpha value is -3.58. The number of amides is 1. The van der Waals surface area contributed by atoms with Crippen molar-refractivity contribution in [2.45, 2.75) is 12.8 Å². The lowest BCUT2D eigenvalue weighted by Gasteiger charge is -2.33. The molecule has 1 unspecified atom stereocenters. The molecule has 1 atom stereocenters. The summed E-state index contributed by atoms with van der Waals surface area (Å²) in [7, 11) is -3.86. The van der Waals surface area contributed by atoms with Crippen LogP contribution in [0.3, 0.4) is 0 Å². The fourth-order valence-electron chi connectivity index (χ4n) is 3.87. The Bertz CT molecular complexity index is 1200. The Morgan fingerprint density at radius 1 is 1.29 bits per heavy atom. The average molecular weight is 439 g/mol. The molecule has 0 bridgehead atoms. The van der Waals surface area contributed by atoms with Crippen molar-refractivity contribution in [1.82, 2.24) is 4.90 Å². The summed E-state index contributed by atoms with van der Waals surface area (Å²) in [6, 6.07) is 13.8. The number of benzene rings is 2. The van der Waals surface area contributed by atoms with Gasteiger partial charge in [-0.3, -0.25) is 9.52 Å². The minimum absolute atomic E-state index is 0.0845. The number of nitrogens with two attached hydrogens (primary N) is 1. The third-order valence-corrected chi connectivity index (χ3v) is 6.21. The van der Waals surface area contributed by atoms with E-state index in [4.69, 9.17) is 10.5 Å². The molecule has 1 saturated heterocycles. The summed E-state index contributed by atoms with van der Waals surface area (Å²) in [5.41, 5.74) is 7.34. The van der Waals surface area contributed by atoms with Gasteiger partial charge in [0.05, 0.1) is 35.1 Å². The number of carbonyl (C=O) groups is 1. The predicted molar refractivity (Wildman–Crippen MR) is 115 cm³/mol.